The number of carbonyl (C=O) groups excluding carboxylic acids is 1. The van der Waals surface area contributed by atoms with Gasteiger partial charge in [0.25, 0.3) is 0 Å². The number of fused-ring (bicyclic) bond motifs is 1. The molecule has 0 spiro atoms. The minimum atomic E-state index is -0.554. The third kappa shape index (κ3) is 5.43. The van der Waals surface area contributed by atoms with E-state index in [1.807, 2.05) is 24.3 Å². The van der Waals surface area contributed by atoms with E-state index in [4.69, 9.17) is 9.47 Å². The first-order chi connectivity index (χ1) is 16.7. The molecule has 0 saturated carbocycles. The summed E-state index contributed by atoms with van der Waals surface area (Å²) < 4.78 is 11.1. The van der Waals surface area contributed by atoms with Gasteiger partial charge in [-0.1, -0.05) is 60.7 Å². The molecule has 3 aromatic carbocycles. The molecule has 2 atom stereocenters. The Morgan fingerprint density at radius 1 is 0.971 bits per heavy atom. The fourth-order valence-corrected chi connectivity index (χ4v) is 5.25. The van der Waals surface area contributed by atoms with Crippen LogP contribution in [0.1, 0.15) is 36.3 Å². The third-order valence-electron chi connectivity index (χ3n) is 7.22. The fraction of sp³-hybridized carbons (Fsp3) is 0.414. The number of ether oxygens (including phenoxy) is 2. The second-order valence-corrected chi connectivity index (χ2v) is 9.61. The highest BCUT2D eigenvalue weighted by Gasteiger charge is 2.28. The summed E-state index contributed by atoms with van der Waals surface area (Å²) in [6.45, 7) is 3.32. The van der Waals surface area contributed by atoms with Crippen molar-refractivity contribution in [3.05, 3.63) is 77.9 Å². The van der Waals surface area contributed by atoms with Gasteiger partial charge in [0.05, 0.1) is 12.5 Å². The van der Waals surface area contributed by atoms with Crippen molar-refractivity contribution in [2.75, 3.05) is 32.8 Å². The molecule has 2 heterocycles. The van der Waals surface area contributed by atoms with Gasteiger partial charge in [-0.3, -0.25) is 4.79 Å². The average molecular weight is 460 g/mol. The monoisotopic (exact) mass is 459 g/mol. The van der Waals surface area contributed by atoms with Crippen molar-refractivity contribution in [3.63, 3.8) is 0 Å². The number of esters is 1. The molecule has 34 heavy (non-hydrogen) atoms. The Hall–Kier alpha value is -2.89. The van der Waals surface area contributed by atoms with Gasteiger partial charge < -0.3 is 19.5 Å². The number of likely N-dealkylation sites (tertiary alicyclic amines) is 1. The van der Waals surface area contributed by atoms with Crippen LogP contribution in [-0.2, 0) is 16.0 Å². The summed E-state index contributed by atoms with van der Waals surface area (Å²) in [5, 5.41) is 13.2. The minimum absolute atomic E-state index is 0.0985. The molecule has 2 aliphatic rings. The summed E-state index contributed by atoms with van der Waals surface area (Å²) in [7, 11) is 0. The van der Waals surface area contributed by atoms with E-state index in [0.717, 1.165) is 43.7 Å². The van der Waals surface area contributed by atoms with Gasteiger partial charge in [-0.15, -0.1) is 0 Å². The summed E-state index contributed by atoms with van der Waals surface area (Å²) in [5.41, 5.74) is 2.42. The van der Waals surface area contributed by atoms with E-state index in [2.05, 4.69) is 47.4 Å². The van der Waals surface area contributed by atoms with Crippen molar-refractivity contribution in [1.82, 2.24) is 4.90 Å². The van der Waals surface area contributed by atoms with Gasteiger partial charge in [-0.25, -0.2) is 0 Å². The average Bonchev–Trinajstić information content (AvgIpc) is 3.28. The lowest BCUT2D eigenvalue weighted by atomic mass is 9.88. The maximum Gasteiger partial charge on any atom is 0.309 e. The van der Waals surface area contributed by atoms with Crippen molar-refractivity contribution < 1.29 is 19.4 Å². The van der Waals surface area contributed by atoms with Gasteiger partial charge in [-0.2, -0.15) is 0 Å². The van der Waals surface area contributed by atoms with E-state index in [1.165, 1.54) is 16.3 Å². The molecule has 0 aromatic heterocycles. The molecule has 2 fully saturated rings. The van der Waals surface area contributed by atoms with Crippen molar-refractivity contribution >= 4 is 16.7 Å². The van der Waals surface area contributed by atoms with Crippen LogP contribution in [0.25, 0.3) is 10.8 Å². The van der Waals surface area contributed by atoms with Gasteiger partial charge in [-0.05, 0) is 72.7 Å². The predicted octanol–water partition coefficient (Wildman–Crippen LogP) is 4.56. The van der Waals surface area contributed by atoms with E-state index in [1.54, 1.807) is 0 Å². The topological polar surface area (TPSA) is 59.0 Å². The minimum Gasteiger partial charge on any atom is -0.491 e. The number of hydrogen-bond acceptors (Lipinski definition) is 5. The van der Waals surface area contributed by atoms with Crippen LogP contribution in [0.5, 0.6) is 5.75 Å². The van der Waals surface area contributed by atoms with Crippen LogP contribution < -0.4 is 4.74 Å². The van der Waals surface area contributed by atoms with Crippen LogP contribution >= 0.6 is 0 Å². The second kappa shape index (κ2) is 10.6. The SMILES string of the molecule is O=C1OCC[C@@H]1Cc1ccccc1OCC(O)CN1CCC(c2ccc3ccccc3c2)CC1. The van der Waals surface area contributed by atoms with Crippen molar-refractivity contribution in [2.24, 2.45) is 5.92 Å². The fourth-order valence-electron chi connectivity index (χ4n) is 5.25. The Morgan fingerprint density at radius 2 is 1.74 bits per heavy atom. The number of para-hydroxylation sites is 1. The Balaban J connectivity index is 1.10. The zero-order valence-electron chi connectivity index (χ0n) is 19.6. The van der Waals surface area contributed by atoms with Crippen LogP contribution in [0, 0.1) is 5.92 Å². The third-order valence-corrected chi connectivity index (χ3v) is 7.22. The normalized spacial score (nSPS) is 20.4. The number of piperidine rings is 1. The number of aliphatic hydroxyl groups is 1. The van der Waals surface area contributed by atoms with Crippen LogP contribution in [-0.4, -0.2) is 54.9 Å². The maximum atomic E-state index is 11.8. The quantitative estimate of drug-likeness (QED) is 0.500. The number of aliphatic hydroxyl groups excluding tert-OH is 1. The molecule has 0 bridgehead atoms. The molecule has 5 rings (SSSR count). The Bertz CT molecular complexity index is 1120. The van der Waals surface area contributed by atoms with Gasteiger partial charge >= 0.3 is 5.97 Å². The van der Waals surface area contributed by atoms with E-state index in [9.17, 15) is 9.90 Å². The molecule has 1 unspecified atom stereocenters. The van der Waals surface area contributed by atoms with Gasteiger partial charge in [0, 0.05) is 6.54 Å². The number of carbonyl (C=O) groups is 1. The zero-order chi connectivity index (χ0) is 23.3. The summed E-state index contributed by atoms with van der Waals surface area (Å²) in [5.74, 6) is 1.10. The number of benzene rings is 3. The molecular weight excluding hydrogens is 426 g/mol. The zero-order valence-corrected chi connectivity index (χ0v) is 19.6. The molecule has 5 heteroatoms. The smallest absolute Gasteiger partial charge is 0.309 e. The molecule has 3 aromatic rings. The van der Waals surface area contributed by atoms with E-state index in [0.29, 0.717) is 25.5 Å². The highest BCUT2D eigenvalue weighted by molar-refractivity contribution is 5.83. The van der Waals surface area contributed by atoms with Gasteiger partial charge in [0.15, 0.2) is 0 Å². The molecular formula is C29H33NO4. The highest BCUT2D eigenvalue weighted by Crippen LogP contribution is 2.30. The molecule has 0 amide bonds. The second-order valence-electron chi connectivity index (χ2n) is 9.61. The summed E-state index contributed by atoms with van der Waals surface area (Å²) >= 11 is 0. The number of nitrogens with zero attached hydrogens (tertiary/aromatic N) is 1. The highest BCUT2D eigenvalue weighted by atomic mass is 16.5. The Kier molecular flexibility index (Phi) is 7.12. The molecule has 178 valence electrons. The summed E-state index contributed by atoms with van der Waals surface area (Å²) in [6.07, 6.45) is 3.03. The van der Waals surface area contributed by atoms with Crippen molar-refractivity contribution in [3.8, 4) is 5.75 Å². The maximum absolute atomic E-state index is 11.8. The van der Waals surface area contributed by atoms with E-state index in [-0.39, 0.29) is 18.5 Å². The lowest BCUT2D eigenvalue weighted by molar-refractivity contribution is -0.141. The van der Waals surface area contributed by atoms with Crippen LogP contribution in [0.15, 0.2) is 66.7 Å². The first-order valence-corrected chi connectivity index (χ1v) is 12.4. The van der Waals surface area contributed by atoms with Crippen LogP contribution in [0.3, 0.4) is 0 Å². The van der Waals surface area contributed by atoms with Crippen molar-refractivity contribution in [2.45, 2.75) is 37.7 Å². The van der Waals surface area contributed by atoms with E-state index >= 15 is 0 Å². The predicted molar refractivity (Wildman–Crippen MR) is 133 cm³/mol. The first kappa shape index (κ1) is 22.9. The number of cyclic esters (lactones) is 1. The Morgan fingerprint density at radius 3 is 2.53 bits per heavy atom. The molecule has 2 aliphatic heterocycles. The standard InChI is InChI=1S/C29H33NO4/c31-27(20-34-28-8-4-3-7-25(28)18-26-13-16-33-29(26)32)19-30-14-11-22(12-15-30)24-10-9-21-5-1-2-6-23(21)17-24/h1-10,17,22,26-27,31H,11-16,18-20H2/t26-,27?/m1/s1. The molecule has 5 nitrogen and oxygen atoms in total. The summed E-state index contributed by atoms with van der Waals surface area (Å²) in [4.78, 5) is 14.2. The molecule has 2 saturated heterocycles. The van der Waals surface area contributed by atoms with Crippen LogP contribution in [0.4, 0.5) is 0 Å². The van der Waals surface area contributed by atoms with E-state index < -0.39 is 6.10 Å². The molecule has 0 radical (unpaired) electrons. The van der Waals surface area contributed by atoms with Gasteiger partial charge in [0.1, 0.15) is 18.5 Å². The largest absolute Gasteiger partial charge is 0.491 e. The first-order valence-electron chi connectivity index (χ1n) is 12.4. The number of hydrogen-bond donors (Lipinski definition) is 1. The number of rotatable bonds is 8. The lowest BCUT2D eigenvalue weighted by Gasteiger charge is -2.33. The lowest BCUT2D eigenvalue weighted by Crippen LogP contribution is -2.40. The summed E-state index contributed by atoms with van der Waals surface area (Å²) in [6, 6.07) is 23.1. The Labute approximate surface area is 201 Å². The van der Waals surface area contributed by atoms with Crippen molar-refractivity contribution in [1.29, 1.82) is 0 Å². The molecule has 0 aliphatic carbocycles. The van der Waals surface area contributed by atoms with Gasteiger partial charge in [0.2, 0.25) is 0 Å². The number of β-amino-alcohol motifs (C(OH)–C–C–N with tert-alkyl or cyclic N) is 1. The molecule has 1 N–H and O–H groups in total. The van der Waals surface area contributed by atoms with Crippen LogP contribution in [0.2, 0.25) is 0 Å².